The number of rotatable bonds is 4. The Morgan fingerprint density at radius 1 is 1.16 bits per heavy atom. The lowest BCUT2D eigenvalue weighted by molar-refractivity contribution is -0.900. The lowest BCUT2D eigenvalue weighted by atomic mass is 9.89. The number of amides is 1. The predicted molar refractivity (Wildman–Crippen MR) is 124 cm³/mol. The van der Waals surface area contributed by atoms with Crippen LogP contribution >= 0.6 is 11.6 Å². The van der Waals surface area contributed by atoms with Gasteiger partial charge in [-0.1, -0.05) is 17.7 Å². The Morgan fingerprint density at radius 3 is 2.69 bits per heavy atom. The van der Waals surface area contributed by atoms with Gasteiger partial charge in [0.05, 0.1) is 33.2 Å². The van der Waals surface area contributed by atoms with E-state index in [4.69, 9.17) is 16.3 Å². The van der Waals surface area contributed by atoms with Gasteiger partial charge >= 0.3 is 0 Å². The third-order valence-corrected chi connectivity index (χ3v) is 7.87. The number of benzene rings is 2. The molecule has 6 heteroatoms. The van der Waals surface area contributed by atoms with Crippen molar-refractivity contribution in [1.29, 1.82) is 0 Å². The van der Waals surface area contributed by atoms with E-state index in [0.717, 1.165) is 41.9 Å². The highest BCUT2D eigenvalue weighted by Crippen LogP contribution is 2.41. The number of hydrogen-bond donors (Lipinski definition) is 0. The van der Waals surface area contributed by atoms with Gasteiger partial charge in [-0.15, -0.1) is 0 Å². The first-order valence-electron chi connectivity index (χ1n) is 11.5. The number of likely N-dealkylation sites (N-methyl/N-ethyl adjacent to an activating group) is 1. The molecule has 2 unspecified atom stereocenters. The van der Waals surface area contributed by atoms with Crippen LogP contribution in [0.3, 0.4) is 0 Å². The number of methoxy groups -OCH3 is 1. The van der Waals surface area contributed by atoms with E-state index in [0.29, 0.717) is 17.1 Å². The van der Waals surface area contributed by atoms with Crippen molar-refractivity contribution in [2.75, 3.05) is 40.3 Å². The molecule has 1 aliphatic carbocycles. The van der Waals surface area contributed by atoms with E-state index >= 15 is 0 Å². The number of hydrogen-bond acceptors (Lipinski definition) is 3. The molecule has 2 atom stereocenters. The molecular formula is C26H30ClN2O3+. The van der Waals surface area contributed by atoms with Gasteiger partial charge in [-0.3, -0.25) is 9.59 Å². The van der Waals surface area contributed by atoms with E-state index in [1.165, 1.54) is 24.0 Å². The average molecular weight is 454 g/mol. The summed E-state index contributed by atoms with van der Waals surface area (Å²) in [6, 6.07) is 11.5. The second-order valence-corrected chi connectivity index (χ2v) is 10.2. The number of halogens is 1. The van der Waals surface area contributed by atoms with Crippen molar-refractivity contribution in [1.82, 2.24) is 4.90 Å². The monoisotopic (exact) mass is 453 g/mol. The van der Waals surface area contributed by atoms with Crippen molar-refractivity contribution in [3.05, 3.63) is 63.7 Å². The van der Waals surface area contributed by atoms with Crippen molar-refractivity contribution in [3.63, 3.8) is 0 Å². The maximum Gasteiger partial charge on any atom is 0.231 e. The fourth-order valence-corrected chi connectivity index (χ4v) is 6.04. The Hall–Kier alpha value is -2.37. The fourth-order valence-electron chi connectivity index (χ4n) is 5.86. The van der Waals surface area contributed by atoms with Gasteiger partial charge in [0.25, 0.3) is 0 Å². The van der Waals surface area contributed by atoms with Crippen molar-refractivity contribution in [2.24, 2.45) is 0 Å². The van der Waals surface area contributed by atoms with Gasteiger partial charge in [0.2, 0.25) is 5.91 Å². The first kappa shape index (κ1) is 21.5. The Morgan fingerprint density at radius 2 is 1.94 bits per heavy atom. The van der Waals surface area contributed by atoms with Crippen LogP contribution in [-0.2, 0) is 11.2 Å². The molecule has 0 spiro atoms. The number of carbonyl (C=O) groups excluding carboxylic acids is 2. The third kappa shape index (κ3) is 3.71. The highest BCUT2D eigenvalue weighted by molar-refractivity contribution is 6.31. The van der Waals surface area contributed by atoms with Crippen molar-refractivity contribution < 1.29 is 18.8 Å². The van der Waals surface area contributed by atoms with Gasteiger partial charge in [0.1, 0.15) is 18.3 Å². The summed E-state index contributed by atoms with van der Waals surface area (Å²) in [5, 5.41) is 0.566. The summed E-state index contributed by atoms with van der Waals surface area (Å²) in [7, 11) is 3.99. The molecule has 2 aromatic carbocycles. The van der Waals surface area contributed by atoms with E-state index in [1.54, 1.807) is 25.3 Å². The zero-order valence-corrected chi connectivity index (χ0v) is 19.5. The zero-order valence-electron chi connectivity index (χ0n) is 18.8. The first-order valence-corrected chi connectivity index (χ1v) is 11.9. The number of likely N-dealkylation sites (tertiary alicyclic amines) is 1. The van der Waals surface area contributed by atoms with Crippen LogP contribution in [0.15, 0.2) is 36.4 Å². The summed E-state index contributed by atoms with van der Waals surface area (Å²) in [6.07, 6.45) is 3.50. The topological polar surface area (TPSA) is 46.6 Å². The van der Waals surface area contributed by atoms with Crippen LogP contribution in [0.4, 0.5) is 0 Å². The summed E-state index contributed by atoms with van der Waals surface area (Å²) in [5.41, 5.74) is 3.90. The molecule has 2 aliphatic heterocycles. The van der Waals surface area contributed by atoms with E-state index < -0.39 is 5.92 Å². The Kier molecular flexibility index (Phi) is 5.50. The molecule has 1 saturated heterocycles. The number of nitrogens with zero attached hydrogens (tertiary/aromatic N) is 2. The highest BCUT2D eigenvalue weighted by Gasteiger charge is 2.43. The maximum absolute atomic E-state index is 14.0. The quantitative estimate of drug-likeness (QED) is 0.645. The smallest absolute Gasteiger partial charge is 0.231 e. The van der Waals surface area contributed by atoms with Gasteiger partial charge in [0.15, 0.2) is 5.78 Å². The first-order chi connectivity index (χ1) is 15.4. The molecule has 3 aliphatic rings. The molecule has 0 N–H and O–H groups in total. The second kappa shape index (κ2) is 8.20. The van der Waals surface area contributed by atoms with Crippen LogP contribution in [0, 0.1) is 0 Å². The van der Waals surface area contributed by atoms with Crippen LogP contribution in [0.2, 0.25) is 5.02 Å². The Labute approximate surface area is 194 Å². The number of fused-ring (bicyclic) bond motifs is 2. The average Bonchev–Trinajstić information content (AvgIpc) is 3.36. The fraction of sp³-hybridized carbons (Fsp3) is 0.462. The van der Waals surface area contributed by atoms with Crippen molar-refractivity contribution in [2.45, 2.75) is 37.6 Å². The van der Waals surface area contributed by atoms with Crippen LogP contribution in [-0.4, -0.2) is 61.4 Å². The summed E-state index contributed by atoms with van der Waals surface area (Å²) in [4.78, 5) is 28.6. The highest BCUT2D eigenvalue weighted by atomic mass is 35.5. The maximum atomic E-state index is 14.0. The van der Waals surface area contributed by atoms with Gasteiger partial charge in [-0.25, -0.2) is 0 Å². The number of Topliss-reactive ketones (excluding diaryl/α,β-unsaturated/α-hetero) is 1. The van der Waals surface area contributed by atoms with Gasteiger partial charge in [-0.2, -0.15) is 0 Å². The third-order valence-electron chi connectivity index (χ3n) is 7.63. The summed E-state index contributed by atoms with van der Waals surface area (Å²) in [5.74, 6) is 0.447. The molecule has 2 heterocycles. The summed E-state index contributed by atoms with van der Waals surface area (Å²) in [6.45, 7) is 3.83. The van der Waals surface area contributed by atoms with Gasteiger partial charge in [-0.05, 0) is 53.4 Å². The Balaban J connectivity index is 1.53. The standard InChI is InChI=1S/C26H30ClN2O3/c1-29(11-3-4-12-29)16-24-21-14-19(32-2)7-5-17(21)9-10-28(24)26(31)23-15-25(30)20-8-6-18(27)13-22(20)23/h5-8,13-14,23-24H,3-4,9-12,15-16H2,1-2H3/q+1. The van der Waals surface area contributed by atoms with Gasteiger partial charge in [0, 0.05) is 36.4 Å². The molecule has 2 aromatic rings. The molecule has 5 rings (SSSR count). The normalized spacial score (nSPS) is 23.7. The number of ether oxygens (including phenoxy) is 1. The molecule has 0 bridgehead atoms. The number of quaternary nitrogens is 1. The molecule has 1 fully saturated rings. The predicted octanol–water partition coefficient (Wildman–Crippen LogP) is 4.39. The number of carbonyl (C=O) groups is 2. The van der Waals surface area contributed by atoms with Crippen molar-refractivity contribution in [3.8, 4) is 5.75 Å². The summed E-state index contributed by atoms with van der Waals surface area (Å²) >= 11 is 6.23. The van der Waals surface area contributed by atoms with E-state index in [-0.39, 0.29) is 24.2 Å². The molecule has 0 aromatic heterocycles. The molecule has 32 heavy (non-hydrogen) atoms. The largest absolute Gasteiger partial charge is 0.497 e. The minimum Gasteiger partial charge on any atom is -0.497 e. The van der Waals surface area contributed by atoms with Crippen LogP contribution in [0.25, 0.3) is 0 Å². The van der Waals surface area contributed by atoms with E-state index in [9.17, 15) is 9.59 Å². The minimum atomic E-state index is -0.449. The lowest BCUT2D eigenvalue weighted by Crippen LogP contribution is -2.52. The van der Waals surface area contributed by atoms with Crippen LogP contribution in [0.1, 0.15) is 58.3 Å². The lowest BCUT2D eigenvalue weighted by Gasteiger charge is -2.43. The zero-order chi connectivity index (χ0) is 22.5. The number of ketones is 1. The second-order valence-electron chi connectivity index (χ2n) is 9.73. The van der Waals surface area contributed by atoms with Crippen molar-refractivity contribution >= 4 is 23.3 Å². The molecule has 5 nitrogen and oxygen atoms in total. The van der Waals surface area contributed by atoms with E-state index in [2.05, 4.69) is 19.2 Å². The molecule has 168 valence electrons. The Bertz CT molecular complexity index is 1080. The minimum absolute atomic E-state index is 0.0252. The summed E-state index contributed by atoms with van der Waals surface area (Å²) < 4.78 is 6.49. The van der Waals surface area contributed by atoms with Crippen LogP contribution < -0.4 is 4.74 Å². The molecule has 0 radical (unpaired) electrons. The van der Waals surface area contributed by atoms with E-state index in [1.807, 2.05) is 11.0 Å². The molecule has 1 amide bonds. The molecular weight excluding hydrogens is 424 g/mol. The SMILES string of the molecule is COc1ccc2c(c1)C(C[N+]1(C)CCCC1)N(C(=O)C1CC(=O)c3ccc(Cl)cc31)CC2. The molecule has 0 saturated carbocycles. The van der Waals surface area contributed by atoms with Crippen LogP contribution in [0.5, 0.6) is 5.75 Å². The van der Waals surface area contributed by atoms with Gasteiger partial charge < -0.3 is 14.1 Å².